The fourth-order valence-electron chi connectivity index (χ4n) is 3.32. The van der Waals surface area contributed by atoms with Gasteiger partial charge in [0.2, 0.25) is 11.8 Å². The number of aryl methyl sites for hydroxylation is 1. The van der Waals surface area contributed by atoms with E-state index in [2.05, 4.69) is 10.3 Å². The molecule has 0 aromatic carbocycles. The Labute approximate surface area is 158 Å². The normalized spacial score (nSPS) is 16.6. The van der Waals surface area contributed by atoms with Gasteiger partial charge >= 0.3 is 0 Å². The first kappa shape index (κ1) is 18.8. The zero-order valence-corrected chi connectivity index (χ0v) is 15.4. The number of hydrogen-bond acceptors (Lipinski definition) is 4. The number of likely N-dealkylation sites (tertiary alicyclic amines) is 1. The third-order valence-electron chi connectivity index (χ3n) is 4.81. The summed E-state index contributed by atoms with van der Waals surface area (Å²) in [6, 6.07) is 8.92. The summed E-state index contributed by atoms with van der Waals surface area (Å²) in [6.07, 6.45) is 4.32. The highest BCUT2D eigenvalue weighted by molar-refractivity contribution is 5.89. The molecule has 0 bridgehead atoms. The van der Waals surface area contributed by atoms with Gasteiger partial charge in [-0.3, -0.25) is 19.4 Å². The topological polar surface area (TPSA) is 84.3 Å². The van der Waals surface area contributed by atoms with Gasteiger partial charge in [-0.25, -0.2) is 0 Å². The van der Waals surface area contributed by atoms with E-state index in [4.69, 9.17) is 0 Å². The zero-order valence-electron chi connectivity index (χ0n) is 15.4. The maximum Gasteiger partial charge on any atom is 0.250 e. The number of rotatable bonds is 7. The van der Waals surface area contributed by atoms with E-state index in [1.54, 1.807) is 27.9 Å². The molecule has 1 aliphatic rings. The van der Waals surface area contributed by atoms with Crippen molar-refractivity contribution in [2.24, 2.45) is 5.92 Å². The Kier molecular flexibility index (Phi) is 6.01. The van der Waals surface area contributed by atoms with Crippen LogP contribution in [-0.2, 0) is 22.7 Å². The molecular formula is C20H24N4O3. The van der Waals surface area contributed by atoms with Crippen molar-refractivity contribution < 1.29 is 9.59 Å². The van der Waals surface area contributed by atoms with Gasteiger partial charge in [0.25, 0.3) is 5.56 Å². The quantitative estimate of drug-likeness (QED) is 0.742. The molecule has 7 nitrogen and oxygen atoms in total. The average molecular weight is 368 g/mol. The fraction of sp³-hybridized carbons (Fsp3) is 0.400. The van der Waals surface area contributed by atoms with Crippen molar-refractivity contribution in [3.05, 3.63) is 64.3 Å². The molecule has 2 amide bonds. The van der Waals surface area contributed by atoms with Gasteiger partial charge in [0.15, 0.2) is 0 Å². The molecule has 142 valence electrons. The Hall–Kier alpha value is -2.96. The van der Waals surface area contributed by atoms with Crippen molar-refractivity contribution in [3.63, 3.8) is 0 Å². The minimum Gasteiger partial charge on any atom is -0.356 e. The summed E-state index contributed by atoms with van der Waals surface area (Å²) in [7, 11) is 0. The smallest absolute Gasteiger partial charge is 0.250 e. The molecule has 0 unspecified atom stereocenters. The standard InChI is InChI=1S/C20H24N4O3/c1-15-5-2-7-18(25)24(15)10-4-9-22-20(27)17-11-19(26)23(14-17)13-16-6-3-8-21-12-16/h2-3,5-8,12,17H,4,9-11,13-14H2,1H3,(H,22,27)/t17-/m1/s1. The first-order valence-electron chi connectivity index (χ1n) is 9.15. The van der Waals surface area contributed by atoms with Crippen LogP contribution in [0.2, 0.25) is 0 Å². The number of aromatic nitrogens is 2. The van der Waals surface area contributed by atoms with Gasteiger partial charge in [-0.05, 0) is 31.0 Å². The zero-order chi connectivity index (χ0) is 19.2. The molecule has 1 aliphatic heterocycles. The van der Waals surface area contributed by atoms with Gasteiger partial charge in [0.05, 0.1) is 5.92 Å². The molecule has 2 aromatic rings. The number of nitrogens with one attached hydrogen (secondary N) is 1. The molecule has 2 aromatic heterocycles. The number of nitrogens with zero attached hydrogens (tertiary/aromatic N) is 3. The van der Waals surface area contributed by atoms with Crippen molar-refractivity contribution >= 4 is 11.8 Å². The van der Waals surface area contributed by atoms with E-state index in [0.717, 1.165) is 11.3 Å². The summed E-state index contributed by atoms with van der Waals surface area (Å²) < 4.78 is 1.70. The van der Waals surface area contributed by atoms with E-state index < -0.39 is 0 Å². The summed E-state index contributed by atoms with van der Waals surface area (Å²) in [5.41, 5.74) is 1.82. The monoisotopic (exact) mass is 368 g/mol. The summed E-state index contributed by atoms with van der Waals surface area (Å²) >= 11 is 0. The lowest BCUT2D eigenvalue weighted by molar-refractivity contribution is -0.129. The van der Waals surface area contributed by atoms with E-state index in [1.165, 1.54) is 6.07 Å². The molecule has 7 heteroatoms. The number of carbonyl (C=O) groups is 2. The molecule has 1 saturated heterocycles. The molecule has 0 aliphatic carbocycles. The highest BCUT2D eigenvalue weighted by Gasteiger charge is 2.33. The highest BCUT2D eigenvalue weighted by atomic mass is 16.2. The van der Waals surface area contributed by atoms with Gasteiger partial charge in [-0.15, -0.1) is 0 Å². The van der Waals surface area contributed by atoms with Crippen LogP contribution in [0.5, 0.6) is 0 Å². The van der Waals surface area contributed by atoms with Crippen molar-refractivity contribution in [2.75, 3.05) is 13.1 Å². The van der Waals surface area contributed by atoms with Gasteiger partial charge < -0.3 is 14.8 Å². The SMILES string of the molecule is Cc1cccc(=O)n1CCCNC(=O)[C@@H]1CC(=O)N(Cc2cccnc2)C1. The van der Waals surface area contributed by atoms with E-state index in [0.29, 0.717) is 32.6 Å². The fourth-order valence-corrected chi connectivity index (χ4v) is 3.32. The van der Waals surface area contributed by atoms with Crippen LogP contribution in [-0.4, -0.2) is 39.4 Å². The Morgan fingerprint density at radius 2 is 2.11 bits per heavy atom. The lowest BCUT2D eigenvalue weighted by Crippen LogP contribution is -2.34. The maximum atomic E-state index is 12.4. The average Bonchev–Trinajstić information content (AvgIpc) is 3.02. The summed E-state index contributed by atoms with van der Waals surface area (Å²) in [4.78, 5) is 42.1. The third-order valence-corrected chi connectivity index (χ3v) is 4.81. The molecule has 1 fully saturated rings. The van der Waals surface area contributed by atoms with Crippen LogP contribution in [0.15, 0.2) is 47.5 Å². The van der Waals surface area contributed by atoms with Crippen LogP contribution in [0.25, 0.3) is 0 Å². The van der Waals surface area contributed by atoms with E-state index in [9.17, 15) is 14.4 Å². The third kappa shape index (κ3) is 4.81. The number of carbonyl (C=O) groups excluding carboxylic acids is 2. The summed E-state index contributed by atoms with van der Waals surface area (Å²) in [5.74, 6) is -0.435. The summed E-state index contributed by atoms with van der Waals surface area (Å²) in [6.45, 7) is 3.83. The lowest BCUT2D eigenvalue weighted by atomic mass is 10.1. The van der Waals surface area contributed by atoms with Gasteiger partial charge in [0, 0.05) is 56.8 Å². The second-order valence-electron chi connectivity index (χ2n) is 6.84. The molecule has 1 atom stereocenters. The second kappa shape index (κ2) is 8.62. The molecular weight excluding hydrogens is 344 g/mol. The molecule has 3 rings (SSSR count). The Morgan fingerprint density at radius 1 is 1.26 bits per heavy atom. The first-order chi connectivity index (χ1) is 13.0. The lowest BCUT2D eigenvalue weighted by Gasteiger charge is -2.16. The van der Waals surface area contributed by atoms with Crippen molar-refractivity contribution in [2.45, 2.75) is 32.9 Å². The predicted octanol–water partition coefficient (Wildman–Crippen LogP) is 1.11. The van der Waals surface area contributed by atoms with Crippen LogP contribution >= 0.6 is 0 Å². The van der Waals surface area contributed by atoms with Gasteiger partial charge in [0.1, 0.15) is 0 Å². The minimum absolute atomic E-state index is 0.00883. The Bertz CT molecular complexity index is 863. The molecule has 3 heterocycles. The molecule has 0 spiro atoms. The van der Waals surface area contributed by atoms with Crippen molar-refractivity contribution in [1.82, 2.24) is 19.8 Å². The Morgan fingerprint density at radius 3 is 2.85 bits per heavy atom. The maximum absolute atomic E-state index is 12.4. The van der Waals surface area contributed by atoms with Crippen LogP contribution in [0.3, 0.4) is 0 Å². The molecule has 0 radical (unpaired) electrons. The number of pyridine rings is 2. The van der Waals surface area contributed by atoms with Crippen LogP contribution in [0, 0.1) is 12.8 Å². The second-order valence-corrected chi connectivity index (χ2v) is 6.84. The Balaban J connectivity index is 1.45. The highest BCUT2D eigenvalue weighted by Crippen LogP contribution is 2.20. The van der Waals surface area contributed by atoms with Crippen LogP contribution in [0.1, 0.15) is 24.1 Å². The van der Waals surface area contributed by atoms with E-state index in [1.807, 2.05) is 25.1 Å². The van der Waals surface area contributed by atoms with Crippen molar-refractivity contribution in [3.8, 4) is 0 Å². The van der Waals surface area contributed by atoms with E-state index >= 15 is 0 Å². The van der Waals surface area contributed by atoms with Gasteiger partial charge in [-0.1, -0.05) is 12.1 Å². The first-order valence-corrected chi connectivity index (χ1v) is 9.15. The molecule has 27 heavy (non-hydrogen) atoms. The summed E-state index contributed by atoms with van der Waals surface area (Å²) in [5, 5.41) is 2.89. The number of hydrogen-bond donors (Lipinski definition) is 1. The molecule has 1 N–H and O–H groups in total. The van der Waals surface area contributed by atoms with Gasteiger partial charge in [-0.2, -0.15) is 0 Å². The van der Waals surface area contributed by atoms with Crippen LogP contribution < -0.4 is 10.9 Å². The minimum atomic E-state index is -0.324. The number of amides is 2. The molecule has 0 saturated carbocycles. The largest absolute Gasteiger partial charge is 0.356 e. The van der Waals surface area contributed by atoms with Crippen LogP contribution in [0.4, 0.5) is 0 Å². The predicted molar refractivity (Wildman–Crippen MR) is 101 cm³/mol. The van der Waals surface area contributed by atoms with E-state index in [-0.39, 0.29) is 29.7 Å². The van der Waals surface area contributed by atoms with Crippen molar-refractivity contribution in [1.29, 1.82) is 0 Å².